The Kier molecular flexibility index (Phi) is 3.92. The number of carbonyl (C=O) groups excluding carboxylic acids is 1. The molecule has 0 saturated carbocycles. The second-order valence-corrected chi connectivity index (χ2v) is 4.90. The number of furan rings is 1. The molecule has 1 atom stereocenters. The molecule has 116 valence electrons. The fraction of sp³-hybridized carbons (Fsp3) is 0.357. The van der Waals surface area contributed by atoms with Crippen molar-refractivity contribution >= 4 is 23.1 Å². The van der Waals surface area contributed by atoms with Gasteiger partial charge in [0, 0.05) is 18.8 Å². The van der Waals surface area contributed by atoms with Gasteiger partial charge in [-0.15, -0.1) is 0 Å². The lowest BCUT2D eigenvalue weighted by Crippen LogP contribution is -2.51. The Morgan fingerprint density at radius 2 is 2.36 bits per heavy atom. The van der Waals surface area contributed by atoms with Gasteiger partial charge in [0.1, 0.15) is 11.3 Å². The number of hydrogen-bond donors (Lipinski definition) is 2. The number of carboxylic acid groups (broad SMARTS) is 1. The minimum absolute atomic E-state index is 0.0306. The number of fused-ring (bicyclic) bond motifs is 1. The fourth-order valence-electron chi connectivity index (χ4n) is 2.27. The lowest BCUT2D eigenvalue weighted by atomic mass is 10.3. The van der Waals surface area contributed by atoms with Crippen LogP contribution in [0.25, 0.3) is 11.1 Å². The summed E-state index contributed by atoms with van der Waals surface area (Å²) in [4.78, 5) is 28.5. The topological polar surface area (TPSA) is 105 Å². The molecule has 22 heavy (non-hydrogen) atoms. The maximum Gasteiger partial charge on any atom is 0.334 e. The highest BCUT2D eigenvalue weighted by molar-refractivity contribution is 5.77. The van der Waals surface area contributed by atoms with Gasteiger partial charge in [-0.2, -0.15) is 0 Å². The number of morpholine rings is 1. The highest BCUT2D eigenvalue weighted by Gasteiger charge is 2.28. The second-order valence-electron chi connectivity index (χ2n) is 4.90. The second kappa shape index (κ2) is 6.02. The number of hydrogen-bond acceptors (Lipinski definition) is 5. The normalized spacial score (nSPS) is 18.4. The van der Waals surface area contributed by atoms with Crippen LogP contribution in [0.4, 0.5) is 4.79 Å². The standard InChI is InChI=1S/C14H15N3O5/c18-13(19)12-8-17(4-5-21-12)14(20)16-7-9-6-10-11(22-9)2-1-3-15-10/h1-3,6,12H,4-5,7-8H2,(H,16,20)(H,18,19). The summed E-state index contributed by atoms with van der Waals surface area (Å²) < 4.78 is 10.6. The summed E-state index contributed by atoms with van der Waals surface area (Å²) in [5.74, 6) is -0.481. The van der Waals surface area contributed by atoms with Crippen LogP contribution in [-0.2, 0) is 16.1 Å². The molecule has 1 fully saturated rings. The molecular formula is C14H15N3O5. The van der Waals surface area contributed by atoms with E-state index >= 15 is 0 Å². The van der Waals surface area contributed by atoms with E-state index in [-0.39, 0.29) is 25.7 Å². The van der Waals surface area contributed by atoms with Gasteiger partial charge in [-0.1, -0.05) is 0 Å². The zero-order valence-corrected chi connectivity index (χ0v) is 11.7. The average molecular weight is 305 g/mol. The lowest BCUT2D eigenvalue weighted by Gasteiger charge is -2.30. The molecule has 0 bridgehead atoms. The molecule has 8 heteroatoms. The number of carboxylic acids is 1. The first-order valence-corrected chi connectivity index (χ1v) is 6.84. The first-order valence-electron chi connectivity index (χ1n) is 6.84. The van der Waals surface area contributed by atoms with Crippen LogP contribution < -0.4 is 5.32 Å². The maximum atomic E-state index is 12.1. The van der Waals surface area contributed by atoms with Gasteiger partial charge >= 0.3 is 12.0 Å². The summed E-state index contributed by atoms with van der Waals surface area (Å²) in [5, 5.41) is 11.6. The minimum atomic E-state index is -1.07. The van der Waals surface area contributed by atoms with Gasteiger partial charge in [0.15, 0.2) is 11.7 Å². The molecule has 0 aliphatic carbocycles. The molecule has 2 aromatic rings. The molecule has 3 rings (SSSR count). The number of pyridine rings is 1. The monoisotopic (exact) mass is 305 g/mol. The molecular weight excluding hydrogens is 290 g/mol. The van der Waals surface area contributed by atoms with Crippen molar-refractivity contribution in [1.29, 1.82) is 0 Å². The highest BCUT2D eigenvalue weighted by Crippen LogP contribution is 2.16. The van der Waals surface area contributed by atoms with Gasteiger partial charge < -0.3 is 24.5 Å². The summed E-state index contributed by atoms with van der Waals surface area (Å²) in [7, 11) is 0. The van der Waals surface area contributed by atoms with Crippen molar-refractivity contribution < 1.29 is 23.8 Å². The Morgan fingerprint density at radius 1 is 1.50 bits per heavy atom. The van der Waals surface area contributed by atoms with Crippen LogP contribution in [0, 0.1) is 0 Å². The number of ether oxygens (including phenoxy) is 1. The molecule has 1 unspecified atom stereocenters. The minimum Gasteiger partial charge on any atom is -0.479 e. The number of amides is 2. The van der Waals surface area contributed by atoms with Crippen LogP contribution in [0.2, 0.25) is 0 Å². The van der Waals surface area contributed by atoms with Gasteiger partial charge in [0.25, 0.3) is 0 Å². The molecule has 8 nitrogen and oxygen atoms in total. The van der Waals surface area contributed by atoms with Crippen LogP contribution in [0.15, 0.2) is 28.8 Å². The van der Waals surface area contributed by atoms with Crippen molar-refractivity contribution in [2.45, 2.75) is 12.6 Å². The zero-order chi connectivity index (χ0) is 15.5. The van der Waals surface area contributed by atoms with Gasteiger partial charge in [0.2, 0.25) is 0 Å². The van der Waals surface area contributed by atoms with E-state index in [0.29, 0.717) is 17.9 Å². The molecule has 0 aromatic carbocycles. The van der Waals surface area contributed by atoms with Gasteiger partial charge in [-0.25, -0.2) is 9.59 Å². The van der Waals surface area contributed by atoms with E-state index in [9.17, 15) is 9.59 Å². The third-order valence-electron chi connectivity index (χ3n) is 3.38. The Labute approximate surface area is 125 Å². The van der Waals surface area contributed by atoms with E-state index in [2.05, 4.69) is 10.3 Å². The summed E-state index contributed by atoms with van der Waals surface area (Å²) in [6.45, 7) is 0.809. The number of rotatable bonds is 3. The van der Waals surface area contributed by atoms with Crippen LogP contribution >= 0.6 is 0 Å². The maximum absolute atomic E-state index is 12.1. The molecule has 1 aliphatic rings. The van der Waals surface area contributed by atoms with Crippen LogP contribution in [-0.4, -0.2) is 52.8 Å². The Bertz CT molecular complexity index is 666. The third kappa shape index (κ3) is 3.01. The van der Waals surface area contributed by atoms with Gasteiger partial charge in [-0.3, -0.25) is 4.98 Å². The number of carbonyl (C=O) groups is 2. The van der Waals surface area contributed by atoms with E-state index in [1.807, 2.05) is 0 Å². The molecule has 2 N–H and O–H groups in total. The molecule has 0 spiro atoms. The van der Waals surface area contributed by atoms with Crippen LogP contribution in [0.1, 0.15) is 5.76 Å². The van der Waals surface area contributed by atoms with Crippen LogP contribution in [0.5, 0.6) is 0 Å². The highest BCUT2D eigenvalue weighted by atomic mass is 16.5. The molecule has 0 radical (unpaired) electrons. The summed E-state index contributed by atoms with van der Waals surface area (Å²) in [6, 6.07) is 4.98. The fourth-order valence-corrected chi connectivity index (χ4v) is 2.27. The summed E-state index contributed by atoms with van der Waals surface area (Å²) in [6.07, 6.45) is 0.690. The Hall–Kier alpha value is -2.61. The lowest BCUT2D eigenvalue weighted by molar-refractivity contribution is -0.154. The van der Waals surface area contributed by atoms with Crippen molar-refractivity contribution in [3.8, 4) is 0 Å². The first kappa shape index (κ1) is 14.3. The van der Waals surface area contributed by atoms with E-state index in [1.165, 1.54) is 4.90 Å². The predicted octanol–water partition coefficient (Wildman–Crippen LogP) is 0.823. The summed E-state index contributed by atoms with van der Waals surface area (Å²) in [5.41, 5.74) is 1.38. The largest absolute Gasteiger partial charge is 0.479 e. The SMILES string of the molecule is O=C(O)C1CN(C(=O)NCc2cc3ncccc3o2)CCO1. The van der Waals surface area contributed by atoms with Gasteiger partial charge in [0.05, 0.1) is 19.7 Å². The number of aromatic nitrogens is 1. The number of urea groups is 1. The van der Waals surface area contributed by atoms with Crippen LogP contribution in [0.3, 0.4) is 0 Å². The number of nitrogens with one attached hydrogen (secondary N) is 1. The van der Waals surface area contributed by atoms with Crippen molar-refractivity contribution in [3.63, 3.8) is 0 Å². The zero-order valence-electron chi connectivity index (χ0n) is 11.7. The van der Waals surface area contributed by atoms with E-state index in [4.69, 9.17) is 14.3 Å². The van der Waals surface area contributed by atoms with Crippen molar-refractivity contribution in [3.05, 3.63) is 30.2 Å². The average Bonchev–Trinajstić information content (AvgIpc) is 2.95. The van der Waals surface area contributed by atoms with Crippen molar-refractivity contribution in [2.75, 3.05) is 19.7 Å². The van der Waals surface area contributed by atoms with E-state index < -0.39 is 12.1 Å². The third-order valence-corrected chi connectivity index (χ3v) is 3.38. The molecule has 3 heterocycles. The number of aliphatic carboxylic acids is 1. The van der Waals surface area contributed by atoms with Gasteiger partial charge in [-0.05, 0) is 12.1 Å². The quantitative estimate of drug-likeness (QED) is 0.870. The Balaban J connectivity index is 1.58. The Morgan fingerprint density at radius 3 is 3.14 bits per heavy atom. The molecule has 2 amide bonds. The number of nitrogens with zero attached hydrogens (tertiary/aromatic N) is 2. The van der Waals surface area contributed by atoms with E-state index in [1.54, 1.807) is 24.4 Å². The smallest absolute Gasteiger partial charge is 0.334 e. The molecule has 2 aromatic heterocycles. The summed E-state index contributed by atoms with van der Waals surface area (Å²) >= 11 is 0. The molecule has 1 saturated heterocycles. The van der Waals surface area contributed by atoms with Crippen molar-refractivity contribution in [2.24, 2.45) is 0 Å². The van der Waals surface area contributed by atoms with E-state index in [0.717, 1.165) is 5.52 Å². The molecule has 1 aliphatic heterocycles. The predicted molar refractivity (Wildman–Crippen MR) is 75.2 cm³/mol. The first-order chi connectivity index (χ1) is 10.6. The van der Waals surface area contributed by atoms with Crippen molar-refractivity contribution in [1.82, 2.24) is 15.2 Å².